The Labute approximate surface area is 229 Å². The van der Waals surface area contributed by atoms with Gasteiger partial charge >= 0.3 is 6.09 Å². The molecule has 0 radical (unpaired) electrons. The van der Waals surface area contributed by atoms with Crippen LogP contribution in [0.4, 0.5) is 10.6 Å². The van der Waals surface area contributed by atoms with Crippen LogP contribution >= 0.6 is 11.6 Å². The highest BCUT2D eigenvalue weighted by molar-refractivity contribution is 6.30. The summed E-state index contributed by atoms with van der Waals surface area (Å²) in [6.45, 7) is 8.63. The van der Waals surface area contributed by atoms with E-state index in [2.05, 4.69) is 20.2 Å². The molecule has 0 aliphatic carbocycles. The molecule has 38 heavy (non-hydrogen) atoms. The molecule has 1 aliphatic heterocycles. The van der Waals surface area contributed by atoms with E-state index in [1.54, 1.807) is 6.33 Å². The molecule has 2 heterocycles. The molecule has 3 aromatic rings. The van der Waals surface area contributed by atoms with E-state index < -0.39 is 11.7 Å². The largest absolute Gasteiger partial charge is 0.444 e. The summed E-state index contributed by atoms with van der Waals surface area (Å²) in [5.41, 5.74) is 1.44. The Balaban J connectivity index is 1.37. The van der Waals surface area contributed by atoms with Crippen LogP contribution in [0.1, 0.15) is 39.2 Å². The lowest BCUT2D eigenvalue weighted by Gasteiger charge is -2.37. The van der Waals surface area contributed by atoms with Crippen LogP contribution in [-0.2, 0) is 16.0 Å². The van der Waals surface area contributed by atoms with E-state index in [-0.39, 0.29) is 11.8 Å². The molecule has 0 spiro atoms. The van der Waals surface area contributed by atoms with Gasteiger partial charge in [-0.05, 0) is 69.9 Å². The maximum absolute atomic E-state index is 13.7. The topological polar surface area (TPSA) is 87.7 Å². The number of carbonyl (C=O) groups is 2. The van der Waals surface area contributed by atoms with E-state index in [0.29, 0.717) is 57.0 Å². The van der Waals surface area contributed by atoms with Crippen molar-refractivity contribution in [3.8, 4) is 0 Å². The molecule has 1 saturated heterocycles. The van der Waals surface area contributed by atoms with Crippen molar-refractivity contribution in [3.05, 3.63) is 65.4 Å². The first-order chi connectivity index (χ1) is 18.2. The fraction of sp³-hybridized carbons (Fsp3) is 0.448. The summed E-state index contributed by atoms with van der Waals surface area (Å²) in [5.74, 6) is 0.862. The van der Waals surface area contributed by atoms with Gasteiger partial charge in [0, 0.05) is 49.1 Å². The number of hydrogen-bond donors (Lipinski definition) is 1. The highest BCUT2D eigenvalue weighted by Gasteiger charge is 2.28. The predicted octanol–water partition coefficient (Wildman–Crippen LogP) is 5.10. The van der Waals surface area contributed by atoms with E-state index >= 15 is 0 Å². The van der Waals surface area contributed by atoms with Crippen molar-refractivity contribution in [2.45, 2.75) is 45.6 Å². The van der Waals surface area contributed by atoms with Gasteiger partial charge in [0.1, 0.15) is 17.7 Å². The van der Waals surface area contributed by atoms with Crippen LogP contribution in [0.15, 0.2) is 54.9 Å². The second kappa shape index (κ2) is 12.4. The molecule has 2 amide bonds. The average molecular weight is 538 g/mol. The number of para-hydroxylation sites is 1. The average Bonchev–Trinajstić information content (AvgIpc) is 2.90. The third kappa shape index (κ3) is 7.57. The Bertz CT molecular complexity index is 1230. The molecule has 2 aromatic carbocycles. The summed E-state index contributed by atoms with van der Waals surface area (Å²) in [7, 11) is 0. The lowest BCUT2D eigenvalue weighted by molar-refractivity contribution is -0.136. The molecule has 1 N–H and O–H groups in total. The number of carbonyl (C=O) groups excluding carboxylic acids is 2. The molecule has 0 saturated carbocycles. The van der Waals surface area contributed by atoms with Gasteiger partial charge in [0.25, 0.3) is 0 Å². The normalized spacial score (nSPS) is 14.8. The van der Waals surface area contributed by atoms with Gasteiger partial charge in [0.2, 0.25) is 5.91 Å². The van der Waals surface area contributed by atoms with Crippen molar-refractivity contribution in [1.82, 2.24) is 20.2 Å². The van der Waals surface area contributed by atoms with E-state index in [9.17, 15) is 9.59 Å². The van der Waals surface area contributed by atoms with Gasteiger partial charge < -0.3 is 19.9 Å². The first-order valence-corrected chi connectivity index (χ1v) is 13.5. The number of rotatable bonds is 8. The number of alkyl carbamates (subject to hydrolysis) is 1. The van der Waals surface area contributed by atoms with Crippen molar-refractivity contribution in [1.29, 1.82) is 0 Å². The number of ether oxygens (including phenoxy) is 1. The van der Waals surface area contributed by atoms with E-state index in [0.717, 1.165) is 22.3 Å². The van der Waals surface area contributed by atoms with Crippen LogP contribution in [-0.4, -0.2) is 65.2 Å². The maximum Gasteiger partial charge on any atom is 0.407 e. The third-order valence-electron chi connectivity index (χ3n) is 6.55. The molecule has 1 aromatic heterocycles. The minimum atomic E-state index is -0.544. The number of fused-ring (bicyclic) bond motifs is 1. The number of halogens is 1. The Hall–Kier alpha value is -3.39. The number of anilines is 1. The fourth-order valence-corrected chi connectivity index (χ4v) is 4.84. The third-order valence-corrected chi connectivity index (χ3v) is 6.81. The number of nitrogens with one attached hydrogen (secondary N) is 1. The highest BCUT2D eigenvalue weighted by Crippen LogP contribution is 2.25. The van der Waals surface area contributed by atoms with Gasteiger partial charge in [0.05, 0.1) is 5.52 Å². The van der Waals surface area contributed by atoms with E-state index in [1.165, 1.54) is 0 Å². The zero-order valence-electron chi connectivity index (χ0n) is 22.3. The summed E-state index contributed by atoms with van der Waals surface area (Å²) in [5, 5.41) is 4.49. The molecule has 1 aliphatic rings. The van der Waals surface area contributed by atoms with Crippen LogP contribution in [0.3, 0.4) is 0 Å². The molecule has 0 bridgehead atoms. The standard InChI is InChI=1S/C29H36ClN5O3/c1-29(2,3)38-28(37)31-14-6-7-22(19-21-10-12-23(30)13-11-21)27(36)35-17-15-34(16-18-35)26-24-8-4-5-9-25(24)32-20-33-26/h4-5,8-13,20,22H,6-7,14-19H2,1-3H3,(H,31,37). The smallest absolute Gasteiger partial charge is 0.407 e. The summed E-state index contributed by atoms with van der Waals surface area (Å²) in [6.07, 6.45) is 3.12. The molecule has 1 atom stereocenters. The summed E-state index contributed by atoms with van der Waals surface area (Å²) in [6, 6.07) is 15.6. The summed E-state index contributed by atoms with van der Waals surface area (Å²) < 4.78 is 5.32. The zero-order chi connectivity index (χ0) is 27.1. The number of amides is 2. The Kier molecular flexibility index (Phi) is 9.05. The number of piperazine rings is 1. The van der Waals surface area contributed by atoms with Crippen molar-refractivity contribution < 1.29 is 14.3 Å². The van der Waals surface area contributed by atoms with Crippen molar-refractivity contribution in [2.75, 3.05) is 37.6 Å². The first-order valence-electron chi connectivity index (χ1n) is 13.1. The summed E-state index contributed by atoms with van der Waals surface area (Å²) >= 11 is 6.07. The number of aromatic nitrogens is 2. The zero-order valence-corrected chi connectivity index (χ0v) is 23.1. The van der Waals surface area contributed by atoms with Crippen LogP contribution < -0.4 is 10.2 Å². The first kappa shape index (κ1) is 27.6. The maximum atomic E-state index is 13.7. The van der Waals surface area contributed by atoms with Gasteiger partial charge in [-0.15, -0.1) is 0 Å². The molecule has 1 fully saturated rings. The van der Waals surface area contributed by atoms with Gasteiger partial charge in [-0.25, -0.2) is 14.8 Å². The Morgan fingerprint density at radius 1 is 1.03 bits per heavy atom. The second-order valence-corrected chi connectivity index (χ2v) is 11.1. The number of hydrogen-bond acceptors (Lipinski definition) is 6. The van der Waals surface area contributed by atoms with Gasteiger partial charge in [-0.1, -0.05) is 35.9 Å². The monoisotopic (exact) mass is 537 g/mol. The van der Waals surface area contributed by atoms with Gasteiger partial charge in [-0.2, -0.15) is 0 Å². The molecule has 4 rings (SSSR count). The summed E-state index contributed by atoms with van der Waals surface area (Å²) in [4.78, 5) is 38.8. The fourth-order valence-electron chi connectivity index (χ4n) is 4.71. The predicted molar refractivity (Wildman–Crippen MR) is 150 cm³/mol. The highest BCUT2D eigenvalue weighted by atomic mass is 35.5. The lowest BCUT2D eigenvalue weighted by Crippen LogP contribution is -2.51. The van der Waals surface area contributed by atoms with Crippen molar-refractivity contribution in [3.63, 3.8) is 0 Å². The van der Waals surface area contributed by atoms with Crippen molar-refractivity contribution >= 4 is 40.3 Å². The lowest BCUT2D eigenvalue weighted by atomic mass is 9.93. The van der Waals surface area contributed by atoms with Gasteiger partial charge in [-0.3, -0.25) is 4.79 Å². The van der Waals surface area contributed by atoms with Crippen LogP contribution in [0.5, 0.6) is 0 Å². The van der Waals surface area contributed by atoms with Crippen LogP contribution in [0, 0.1) is 5.92 Å². The molecule has 202 valence electrons. The molecule has 9 heteroatoms. The quantitative estimate of drug-likeness (QED) is 0.402. The minimum Gasteiger partial charge on any atom is -0.444 e. The van der Waals surface area contributed by atoms with Gasteiger partial charge in [0.15, 0.2) is 0 Å². The van der Waals surface area contributed by atoms with E-state index in [1.807, 2.05) is 74.2 Å². The molecular formula is C29H36ClN5O3. The van der Waals surface area contributed by atoms with Crippen molar-refractivity contribution in [2.24, 2.45) is 5.92 Å². The molecular weight excluding hydrogens is 502 g/mol. The molecule has 1 unspecified atom stereocenters. The minimum absolute atomic E-state index is 0.143. The number of nitrogens with zero attached hydrogens (tertiary/aromatic N) is 4. The SMILES string of the molecule is CC(C)(C)OC(=O)NCCCC(Cc1ccc(Cl)cc1)C(=O)N1CCN(c2ncnc3ccccc23)CC1. The van der Waals surface area contributed by atoms with Crippen LogP contribution in [0.2, 0.25) is 5.02 Å². The second-order valence-electron chi connectivity index (χ2n) is 10.6. The van der Waals surface area contributed by atoms with E-state index in [4.69, 9.17) is 16.3 Å². The molecule has 8 nitrogen and oxygen atoms in total. The Morgan fingerprint density at radius 2 is 1.74 bits per heavy atom. The number of benzene rings is 2. The van der Waals surface area contributed by atoms with Crippen LogP contribution in [0.25, 0.3) is 10.9 Å². The Morgan fingerprint density at radius 3 is 2.45 bits per heavy atom.